The van der Waals surface area contributed by atoms with Gasteiger partial charge < -0.3 is 9.32 Å². The summed E-state index contributed by atoms with van der Waals surface area (Å²) in [7, 11) is 0. The van der Waals surface area contributed by atoms with Crippen LogP contribution in [-0.2, 0) is 13.0 Å². The molecule has 5 nitrogen and oxygen atoms in total. The molecule has 0 saturated carbocycles. The second-order valence-corrected chi connectivity index (χ2v) is 7.14. The second kappa shape index (κ2) is 6.32. The van der Waals surface area contributed by atoms with Gasteiger partial charge in [-0.25, -0.2) is 0 Å². The van der Waals surface area contributed by atoms with E-state index in [1.54, 1.807) is 10.7 Å². The summed E-state index contributed by atoms with van der Waals surface area (Å²) in [5, 5.41) is 5.07. The molecular formula is C20H20ClN3O2. The number of aryl methyl sites for hydroxylation is 1. The lowest BCUT2D eigenvalue weighted by atomic mass is 10.1. The number of anilines is 1. The molecule has 2 aromatic heterocycles. The van der Waals surface area contributed by atoms with E-state index in [2.05, 4.69) is 18.1 Å². The normalized spacial score (nSPS) is 16.2. The lowest BCUT2D eigenvalue weighted by Crippen LogP contribution is -2.35. The predicted octanol–water partition coefficient (Wildman–Crippen LogP) is 4.39. The molecule has 0 spiro atoms. The van der Waals surface area contributed by atoms with Crippen molar-refractivity contribution in [3.8, 4) is 0 Å². The first-order valence-electron chi connectivity index (χ1n) is 8.65. The number of halogens is 1. The minimum atomic E-state index is -0.111. The summed E-state index contributed by atoms with van der Waals surface area (Å²) in [5.74, 6) is 0.909. The van der Waals surface area contributed by atoms with Crippen molar-refractivity contribution in [3.05, 3.63) is 69.9 Å². The Morgan fingerprint density at radius 3 is 2.77 bits per heavy atom. The Bertz CT molecular complexity index is 989. The summed E-state index contributed by atoms with van der Waals surface area (Å²) in [6, 6.07) is 11.7. The molecule has 0 fully saturated rings. The van der Waals surface area contributed by atoms with E-state index in [-0.39, 0.29) is 11.9 Å². The van der Waals surface area contributed by atoms with Crippen molar-refractivity contribution in [2.45, 2.75) is 39.8 Å². The first kappa shape index (κ1) is 16.9. The Balaban J connectivity index is 1.58. The Hall–Kier alpha value is -2.53. The zero-order valence-electron chi connectivity index (χ0n) is 15.0. The quantitative estimate of drug-likeness (QED) is 0.688. The lowest BCUT2D eigenvalue weighted by molar-refractivity contribution is 0.0952. The van der Waals surface area contributed by atoms with Gasteiger partial charge in [-0.15, -0.1) is 0 Å². The van der Waals surface area contributed by atoms with Crippen LogP contribution in [-0.4, -0.2) is 21.7 Å². The summed E-state index contributed by atoms with van der Waals surface area (Å²) in [6.07, 6.45) is 0.861. The Morgan fingerprint density at radius 2 is 2.04 bits per heavy atom. The van der Waals surface area contributed by atoms with Gasteiger partial charge in [-0.3, -0.25) is 9.48 Å². The van der Waals surface area contributed by atoms with Gasteiger partial charge in [0.05, 0.1) is 23.0 Å². The zero-order chi connectivity index (χ0) is 18.4. The van der Waals surface area contributed by atoms with Crippen LogP contribution < -0.4 is 4.90 Å². The summed E-state index contributed by atoms with van der Waals surface area (Å²) < 4.78 is 7.62. The van der Waals surface area contributed by atoms with E-state index in [0.29, 0.717) is 23.1 Å². The number of hydrogen-bond acceptors (Lipinski definition) is 3. The number of carbonyl (C=O) groups excluding carboxylic acids is 1. The van der Waals surface area contributed by atoms with Gasteiger partial charge in [-0.2, -0.15) is 5.10 Å². The molecular weight excluding hydrogens is 350 g/mol. The fourth-order valence-corrected chi connectivity index (χ4v) is 3.68. The van der Waals surface area contributed by atoms with Crippen LogP contribution in [0, 0.1) is 13.8 Å². The van der Waals surface area contributed by atoms with Crippen LogP contribution in [0.3, 0.4) is 0 Å². The highest BCUT2D eigenvalue weighted by molar-refractivity contribution is 6.31. The van der Waals surface area contributed by atoms with E-state index in [1.165, 1.54) is 5.56 Å². The minimum Gasteiger partial charge on any atom is -0.454 e. The van der Waals surface area contributed by atoms with Gasteiger partial charge in [0.1, 0.15) is 5.76 Å². The third-order valence-electron chi connectivity index (χ3n) is 4.90. The van der Waals surface area contributed by atoms with Gasteiger partial charge in [0.15, 0.2) is 5.76 Å². The predicted molar refractivity (Wildman–Crippen MR) is 101 cm³/mol. The van der Waals surface area contributed by atoms with Crippen LogP contribution in [0.5, 0.6) is 0 Å². The molecule has 134 valence electrons. The summed E-state index contributed by atoms with van der Waals surface area (Å²) >= 11 is 6.20. The van der Waals surface area contributed by atoms with E-state index >= 15 is 0 Å². The third-order valence-corrected chi connectivity index (χ3v) is 5.44. The molecule has 3 aromatic rings. The maximum Gasteiger partial charge on any atom is 0.294 e. The molecule has 1 aliphatic rings. The van der Waals surface area contributed by atoms with Crippen LogP contribution in [0.1, 0.15) is 40.2 Å². The van der Waals surface area contributed by atoms with Crippen molar-refractivity contribution >= 4 is 23.2 Å². The van der Waals surface area contributed by atoms with Gasteiger partial charge in [0, 0.05) is 11.7 Å². The van der Waals surface area contributed by atoms with Crippen molar-refractivity contribution in [2.75, 3.05) is 4.90 Å². The number of rotatable bonds is 3. The molecule has 6 heteroatoms. The maximum absolute atomic E-state index is 13.0. The molecule has 0 saturated heterocycles. The van der Waals surface area contributed by atoms with E-state index in [0.717, 1.165) is 23.5 Å². The highest BCUT2D eigenvalue weighted by atomic mass is 35.5. The third kappa shape index (κ3) is 2.72. The van der Waals surface area contributed by atoms with Gasteiger partial charge in [-0.05, 0) is 51.0 Å². The van der Waals surface area contributed by atoms with Crippen molar-refractivity contribution < 1.29 is 9.21 Å². The van der Waals surface area contributed by atoms with Crippen LogP contribution in [0.25, 0.3) is 0 Å². The molecule has 4 rings (SSSR count). The average molecular weight is 370 g/mol. The van der Waals surface area contributed by atoms with E-state index < -0.39 is 0 Å². The lowest BCUT2D eigenvalue weighted by Gasteiger charge is -2.21. The summed E-state index contributed by atoms with van der Waals surface area (Å²) in [5.41, 5.74) is 3.83. The average Bonchev–Trinajstić information content (AvgIpc) is 3.28. The maximum atomic E-state index is 13.0. The van der Waals surface area contributed by atoms with Crippen molar-refractivity contribution in [1.29, 1.82) is 0 Å². The topological polar surface area (TPSA) is 51.3 Å². The Morgan fingerprint density at radius 1 is 1.27 bits per heavy atom. The fourth-order valence-electron chi connectivity index (χ4n) is 3.55. The highest BCUT2D eigenvalue weighted by Gasteiger charge is 2.32. The van der Waals surface area contributed by atoms with E-state index in [4.69, 9.17) is 16.0 Å². The SMILES string of the molecule is Cc1nn(Cc2ccc(C(=O)N3c4ccccc4CC3C)o2)c(C)c1Cl. The zero-order valence-corrected chi connectivity index (χ0v) is 15.7. The van der Waals surface area contributed by atoms with Gasteiger partial charge >= 0.3 is 0 Å². The number of benzene rings is 1. The van der Waals surface area contributed by atoms with Crippen molar-refractivity contribution in [3.63, 3.8) is 0 Å². The number of fused-ring (bicyclic) bond motifs is 1. The Kier molecular flexibility index (Phi) is 4.11. The smallest absolute Gasteiger partial charge is 0.294 e. The van der Waals surface area contributed by atoms with E-state index in [9.17, 15) is 4.79 Å². The number of carbonyl (C=O) groups is 1. The molecule has 0 bridgehead atoms. The number of furan rings is 1. The van der Waals surface area contributed by atoms with Crippen molar-refractivity contribution in [1.82, 2.24) is 9.78 Å². The molecule has 1 unspecified atom stereocenters. The van der Waals surface area contributed by atoms with E-state index in [1.807, 2.05) is 43.0 Å². The second-order valence-electron chi connectivity index (χ2n) is 6.77. The molecule has 26 heavy (non-hydrogen) atoms. The summed E-state index contributed by atoms with van der Waals surface area (Å²) in [6.45, 7) is 6.29. The van der Waals surface area contributed by atoms with Crippen LogP contribution in [0.2, 0.25) is 5.02 Å². The largest absolute Gasteiger partial charge is 0.454 e. The molecule has 3 heterocycles. The molecule has 1 aliphatic heterocycles. The molecule has 1 atom stereocenters. The molecule has 1 amide bonds. The first-order valence-corrected chi connectivity index (χ1v) is 9.03. The number of nitrogens with zero attached hydrogens (tertiary/aromatic N) is 3. The standard InChI is InChI=1S/C20H20ClN3O2/c1-12-10-15-6-4-5-7-17(15)24(12)20(25)18-9-8-16(26-18)11-23-14(3)19(21)13(2)22-23/h4-9,12H,10-11H2,1-3H3. The monoisotopic (exact) mass is 369 g/mol. The molecule has 0 radical (unpaired) electrons. The number of para-hydroxylation sites is 1. The highest BCUT2D eigenvalue weighted by Crippen LogP contribution is 2.33. The number of amides is 1. The van der Waals surface area contributed by atoms with Crippen LogP contribution in [0.4, 0.5) is 5.69 Å². The molecule has 1 aromatic carbocycles. The number of aromatic nitrogens is 2. The number of hydrogen-bond donors (Lipinski definition) is 0. The van der Waals surface area contributed by atoms with Gasteiger partial charge in [0.25, 0.3) is 5.91 Å². The molecule has 0 N–H and O–H groups in total. The first-order chi connectivity index (χ1) is 12.5. The van der Waals surface area contributed by atoms with Crippen LogP contribution >= 0.6 is 11.6 Å². The van der Waals surface area contributed by atoms with Crippen molar-refractivity contribution in [2.24, 2.45) is 0 Å². The van der Waals surface area contributed by atoms with Crippen LogP contribution in [0.15, 0.2) is 40.8 Å². The van der Waals surface area contributed by atoms with Gasteiger partial charge in [-0.1, -0.05) is 29.8 Å². The summed E-state index contributed by atoms with van der Waals surface area (Å²) in [4.78, 5) is 14.8. The Labute approximate surface area is 157 Å². The molecule has 0 aliphatic carbocycles. The fraction of sp³-hybridized carbons (Fsp3) is 0.300. The van der Waals surface area contributed by atoms with Gasteiger partial charge in [0.2, 0.25) is 0 Å². The minimum absolute atomic E-state index is 0.111.